The number of nitro benzene ring substituents is 1. The topological polar surface area (TPSA) is 128 Å². The smallest absolute Gasteiger partial charge is 0.301 e. The summed E-state index contributed by atoms with van der Waals surface area (Å²) >= 11 is 1.28. The molecule has 11 heteroatoms. The van der Waals surface area contributed by atoms with Crippen LogP contribution in [0.4, 0.5) is 17.1 Å². The second-order valence-corrected chi connectivity index (χ2v) is 8.37. The number of aromatic nitrogens is 3. The van der Waals surface area contributed by atoms with Crippen molar-refractivity contribution in [3.8, 4) is 33.4 Å². The molecule has 3 aromatic carbocycles. The van der Waals surface area contributed by atoms with Crippen LogP contribution in [0.5, 0.6) is 5.75 Å². The van der Waals surface area contributed by atoms with Crippen LogP contribution >= 0.6 is 11.3 Å². The molecule has 0 unspecified atom stereocenters. The van der Waals surface area contributed by atoms with Crippen LogP contribution in [-0.2, 0) is 0 Å². The van der Waals surface area contributed by atoms with Gasteiger partial charge in [0.25, 0.3) is 5.69 Å². The fourth-order valence-electron chi connectivity index (χ4n) is 3.55. The Hall–Kier alpha value is -4.90. The van der Waals surface area contributed by atoms with Gasteiger partial charge < -0.3 is 4.74 Å². The second kappa shape index (κ2) is 9.76. The molecule has 178 valence electrons. The Morgan fingerprint density at radius 3 is 2.53 bits per heavy atom. The largest absolute Gasteiger partial charge is 0.497 e. The van der Waals surface area contributed by atoms with Crippen LogP contribution in [0.25, 0.3) is 27.6 Å². The Morgan fingerprint density at radius 2 is 1.75 bits per heavy atom. The molecular formula is C25H18N6O4S. The molecule has 5 aromatic rings. The molecule has 0 aliphatic rings. The van der Waals surface area contributed by atoms with E-state index in [-0.39, 0.29) is 17.1 Å². The summed E-state index contributed by atoms with van der Waals surface area (Å²) in [6.07, 6.45) is 0. The molecule has 10 nitrogen and oxygen atoms in total. The molecule has 0 aliphatic carbocycles. The number of methoxy groups -OCH3 is 1. The number of para-hydroxylation sites is 1. The van der Waals surface area contributed by atoms with E-state index in [0.717, 1.165) is 5.56 Å². The predicted octanol–water partition coefficient (Wildman–Crippen LogP) is 6.29. The van der Waals surface area contributed by atoms with Crippen molar-refractivity contribution in [2.75, 3.05) is 7.11 Å². The van der Waals surface area contributed by atoms with Gasteiger partial charge in [-0.3, -0.25) is 20.0 Å². The molecule has 1 N–H and O–H groups in total. The maximum absolute atomic E-state index is 13.4. The van der Waals surface area contributed by atoms with Gasteiger partial charge in [-0.15, -0.1) is 21.6 Å². The van der Waals surface area contributed by atoms with Gasteiger partial charge in [0.15, 0.2) is 11.4 Å². The van der Waals surface area contributed by atoms with Gasteiger partial charge in [0.05, 0.1) is 23.4 Å². The number of nitrogens with zero attached hydrogens (tertiary/aromatic N) is 5. The Balaban J connectivity index is 1.60. The fraction of sp³-hybridized carbons (Fsp3) is 0.0400. The first kappa shape index (κ1) is 22.9. The summed E-state index contributed by atoms with van der Waals surface area (Å²) in [6.45, 7) is 0. The summed E-state index contributed by atoms with van der Waals surface area (Å²) < 4.78 is 6.59. The first-order valence-electron chi connectivity index (χ1n) is 10.7. The molecular weight excluding hydrogens is 480 g/mol. The molecule has 0 radical (unpaired) electrons. The quantitative estimate of drug-likeness (QED) is 0.160. The zero-order valence-electron chi connectivity index (χ0n) is 18.9. The van der Waals surface area contributed by atoms with Crippen LogP contribution in [0.15, 0.2) is 99.3 Å². The highest BCUT2D eigenvalue weighted by Crippen LogP contribution is 2.32. The lowest BCUT2D eigenvalue weighted by Gasteiger charge is -2.01. The Kier molecular flexibility index (Phi) is 6.20. The molecule has 0 atom stereocenters. The molecule has 0 saturated heterocycles. The van der Waals surface area contributed by atoms with Crippen LogP contribution in [0, 0.1) is 10.1 Å². The maximum Gasteiger partial charge on any atom is 0.301 e. The van der Waals surface area contributed by atoms with E-state index in [4.69, 9.17) is 4.74 Å². The summed E-state index contributed by atoms with van der Waals surface area (Å²) in [5, 5.41) is 24.9. The number of nitrogens with one attached hydrogen (secondary N) is 1. The lowest BCUT2D eigenvalue weighted by Crippen LogP contribution is -2.13. The predicted molar refractivity (Wildman–Crippen MR) is 137 cm³/mol. The van der Waals surface area contributed by atoms with Crippen molar-refractivity contribution in [3.05, 3.63) is 105 Å². The molecule has 0 amide bonds. The van der Waals surface area contributed by atoms with Crippen LogP contribution < -0.4 is 10.3 Å². The van der Waals surface area contributed by atoms with Crippen LogP contribution in [-0.4, -0.2) is 26.8 Å². The zero-order valence-corrected chi connectivity index (χ0v) is 19.7. The first-order chi connectivity index (χ1) is 17.5. The standard InChI is InChI=1S/C25H18N6O4S/c1-35-18-11-7-10-17(14-18)20-15-36-25(26-20)30-24(32)23(22(29-30)16-8-3-2-4-9-16)28-27-19-12-5-6-13-21(19)31(33)34/h2-15,29H,1H3. The normalized spacial score (nSPS) is 11.1. The highest BCUT2D eigenvalue weighted by molar-refractivity contribution is 7.12. The van der Waals surface area contributed by atoms with Gasteiger partial charge in [-0.1, -0.05) is 54.6 Å². The third kappa shape index (κ3) is 4.42. The van der Waals surface area contributed by atoms with E-state index >= 15 is 0 Å². The number of hydrogen-bond donors (Lipinski definition) is 1. The van der Waals surface area contributed by atoms with Crippen molar-refractivity contribution >= 4 is 28.4 Å². The molecule has 5 rings (SSSR count). The lowest BCUT2D eigenvalue weighted by atomic mass is 10.1. The molecule has 36 heavy (non-hydrogen) atoms. The highest BCUT2D eigenvalue weighted by atomic mass is 32.1. The lowest BCUT2D eigenvalue weighted by molar-refractivity contribution is -0.384. The monoisotopic (exact) mass is 498 g/mol. The summed E-state index contributed by atoms with van der Waals surface area (Å²) in [5.41, 5.74) is 2.01. The van der Waals surface area contributed by atoms with Crippen molar-refractivity contribution in [1.29, 1.82) is 0 Å². The van der Waals surface area contributed by atoms with Gasteiger partial charge in [-0.05, 0) is 18.2 Å². The molecule has 2 aromatic heterocycles. The van der Waals surface area contributed by atoms with Crippen molar-refractivity contribution in [1.82, 2.24) is 14.8 Å². The number of thiazole rings is 1. The summed E-state index contributed by atoms with van der Waals surface area (Å²) in [4.78, 5) is 28.9. The minimum Gasteiger partial charge on any atom is -0.497 e. The van der Waals surface area contributed by atoms with E-state index in [0.29, 0.717) is 27.8 Å². The van der Waals surface area contributed by atoms with E-state index in [1.54, 1.807) is 13.2 Å². The maximum atomic E-state index is 13.4. The molecule has 0 bridgehead atoms. The van der Waals surface area contributed by atoms with Gasteiger partial charge in [-0.2, -0.15) is 4.68 Å². The minimum atomic E-state index is -0.544. The van der Waals surface area contributed by atoms with Crippen molar-refractivity contribution in [2.24, 2.45) is 10.2 Å². The van der Waals surface area contributed by atoms with Gasteiger partial charge in [0.2, 0.25) is 5.13 Å². The van der Waals surface area contributed by atoms with E-state index in [1.165, 1.54) is 34.2 Å². The minimum absolute atomic E-state index is 0.0116. The van der Waals surface area contributed by atoms with Gasteiger partial charge in [-0.25, -0.2) is 4.98 Å². The average molecular weight is 499 g/mol. The first-order valence-corrected chi connectivity index (χ1v) is 11.6. The number of nitro groups is 1. The zero-order chi connectivity index (χ0) is 25.1. The molecule has 0 spiro atoms. The second-order valence-electron chi connectivity index (χ2n) is 7.54. The van der Waals surface area contributed by atoms with E-state index in [1.807, 2.05) is 60.0 Å². The third-order valence-electron chi connectivity index (χ3n) is 5.31. The van der Waals surface area contributed by atoms with Crippen LogP contribution in [0.1, 0.15) is 0 Å². The number of azo groups is 1. The van der Waals surface area contributed by atoms with Crippen LogP contribution in [0.3, 0.4) is 0 Å². The Bertz CT molecular complexity index is 1640. The SMILES string of the molecule is COc1cccc(-c2csc(-n3[nH]c(-c4ccccc4)c(N=Nc4ccccc4[N+](=O)[O-])c3=O)n2)c1. The van der Waals surface area contributed by atoms with Gasteiger partial charge >= 0.3 is 5.56 Å². The Labute approximate surface area is 208 Å². The average Bonchev–Trinajstić information content (AvgIpc) is 3.53. The number of aromatic amines is 1. The van der Waals surface area contributed by atoms with Gasteiger partial charge in [0.1, 0.15) is 5.75 Å². The molecule has 2 heterocycles. The Morgan fingerprint density at radius 1 is 1.00 bits per heavy atom. The summed E-state index contributed by atoms with van der Waals surface area (Å²) in [7, 11) is 1.59. The van der Waals surface area contributed by atoms with Crippen molar-refractivity contribution in [2.45, 2.75) is 0 Å². The van der Waals surface area contributed by atoms with Crippen molar-refractivity contribution < 1.29 is 9.66 Å². The van der Waals surface area contributed by atoms with Crippen LogP contribution in [0.2, 0.25) is 0 Å². The number of H-pyrrole nitrogens is 1. The number of ether oxygens (including phenoxy) is 1. The number of rotatable bonds is 7. The van der Waals surface area contributed by atoms with E-state index in [9.17, 15) is 14.9 Å². The van der Waals surface area contributed by atoms with E-state index in [2.05, 4.69) is 20.3 Å². The molecule has 0 fully saturated rings. The fourth-order valence-corrected chi connectivity index (χ4v) is 4.34. The summed E-state index contributed by atoms with van der Waals surface area (Å²) in [5.74, 6) is 0.697. The molecule has 0 aliphatic heterocycles. The van der Waals surface area contributed by atoms with Crippen molar-refractivity contribution in [3.63, 3.8) is 0 Å². The van der Waals surface area contributed by atoms with E-state index < -0.39 is 10.5 Å². The number of benzene rings is 3. The number of hydrogen-bond acceptors (Lipinski definition) is 8. The summed E-state index contributed by atoms with van der Waals surface area (Å²) in [6, 6.07) is 22.6. The third-order valence-corrected chi connectivity index (χ3v) is 6.14. The van der Waals surface area contributed by atoms with Gasteiger partial charge in [0, 0.05) is 22.6 Å². The molecule has 0 saturated carbocycles. The highest BCUT2D eigenvalue weighted by Gasteiger charge is 2.20.